The van der Waals surface area contributed by atoms with Crippen molar-refractivity contribution in [2.45, 2.75) is 43.6 Å². The van der Waals surface area contributed by atoms with E-state index in [0.717, 1.165) is 18.2 Å². The lowest BCUT2D eigenvalue weighted by molar-refractivity contribution is -0.421. The van der Waals surface area contributed by atoms with Gasteiger partial charge < -0.3 is 4.74 Å². The van der Waals surface area contributed by atoms with Gasteiger partial charge in [0.05, 0.1) is 17.6 Å². The normalized spacial score (nSPS) is 34.1. The van der Waals surface area contributed by atoms with Gasteiger partial charge in [-0.15, -0.1) is 11.6 Å². The summed E-state index contributed by atoms with van der Waals surface area (Å²) in [7, 11) is 0. The summed E-state index contributed by atoms with van der Waals surface area (Å²) in [6.45, 7) is 2.45. The molecule has 3 aliphatic rings. The zero-order valence-corrected chi connectivity index (χ0v) is 14.3. The number of ether oxygens (including phenoxy) is 1. The van der Waals surface area contributed by atoms with Gasteiger partial charge in [0, 0.05) is 22.4 Å². The Morgan fingerprint density at radius 3 is 2.67 bits per heavy atom. The average molecular weight is 377 g/mol. The molecule has 2 atom stereocenters. The van der Waals surface area contributed by atoms with E-state index in [1.807, 2.05) is 6.08 Å². The number of hydrogen-bond acceptors (Lipinski definition) is 3. The van der Waals surface area contributed by atoms with Crippen LogP contribution in [-0.4, -0.2) is 27.8 Å². The summed E-state index contributed by atoms with van der Waals surface area (Å²) in [5, 5.41) is 12.0. The molecule has 0 N–H and O–H groups in total. The molecule has 0 saturated heterocycles. The van der Waals surface area contributed by atoms with E-state index >= 15 is 0 Å². The lowest BCUT2D eigenvalue weighted by Gasteiger charge is -2.39. The molecule has 0 aromatic carbocycles. The Hall–Kier alpha value is -0.390. The van der Waals surface area contributed by atoms with Gasteiger partial charge >= 0.3 is 0 Å². The van der Waals surface area contributed by atoms with Crippen molar-refractivity contribution in [2.24, 2.45) is 11.3 Å². The van der Waals surface area contributed by atoms with E-state index in [2.05, 4.69) is 15.9 Å². The van der Waals surface area contributed by atoms with E-state index in [-0.39, 0.29) is 22.1 Å². The van der Waals surface area contributed by atoms with Gasteiger partial charge in [-0.25, -0.2) is 0 Å². The van der Waals surface area contributed by atoms with Gasteiger partial charge in [-0.2, -0.15) is 0 Å². The molecule has 6 heteroatoms. The molecule has 2 fully saturated rings. The SMILES string of the molecule is CC1=CC(OCC2CC2)C(Cl)(C2(CBr)CC2)C=C1[N+](=O)[O-]. The van der Waals surface area contributed by atoms with Crippen molar-refractivity contribution in [1.29, 1.82) is 0 Å². The lowest BCUT2D eigenvalue weighted by atomic mass is 9.79. The molecule has 0 heterocycles. The molecular formula is C15H19BrClNO3. The third-order valence-electron chi connectivity index (χ3n) is 4.89. The van der Waals surface area contributed by atoms with E-state index in [4.69, 9.17) is 16.3 Å². The van der Waals surface area contributed by atoms with Gasteiger partial charge in [-0.3, -0.25) is 10.1 Å². The number of allylic oxidation sites excluding steroid dienone is 1. The van der Waals surface area contributed by atoms with E-state index in [1.54, 1.807) is 13.0 Å². The monoisotopic (exact) mass is 375 g/mol. The smallest absolute Gasteiger partial charge is 0.270 e. The molecule has 116 valence electrons. The fraction of sp³-hybridized carbons (Fsp3) is 0.733. The zero-order chi connectivity index (χ0) is 15.3. The minimum Gasteiger partial charge on any atom is -0.372 e. The van der Waals surface area contributed by atoms with Crippen LogP contribution in [0, 0.1) is 21.4 Å². The highest BCUT2D eigenvalue weighted by Gasteiger charge is 2.62. The predicted molar refractivity (Wildman–Crippen MR) is 85.3 cm³/mol. The Balaban J connectivity index is 1.91. The number of nitro groups is 1. The van der Waals surface area contributed by atoms with E-state index in [1.165, 1.54) is 12.8 Å². The van der Waals surface area contributed by atoms with Gasteiger partial charge in [-0.1, -0.05) is 15.9 Å². The first-order valence-electron chi connectivity index (χ1n) is 7.34. The molecule has 0 radical (unpaired) electrons. The minimum atomic E-state index is -0.826. The number of alkyl halides is 2. The summed E-state index contributed by atoms with van der Waals surface area (Å²) in [6.07, 6.45) is 7.56. The number of hydrogen-bond donors (Lipinski definition) is 0. The summed E-state index contributed by atoms with van der Waals surface area (Å²) in [6, 6.07) is 0. The molecule has 0 amide bonds. The van der Waals surface area contributed by atoms with Crippen LogP contribution >= 0.6 is 27.5 Å². The number of rotatable bonds is 6. The third-order valence-corrected chi connectivity index (χ3v) is 6.69. The average Bonchev–Trinajstić information content (AvgIpc) is 3.33. The first-order chi connectivity index (χ1) is 9.92. The maximum Gasteiger partial charge on any atom is 0.270 e. The van der Waals surface area contributed by atoms with Gasteiger partial charge in [0.25, 0.3) is 5.70 Å². The largest absolute Gasteiger partial charge is 0.372 e. The summed E-state index contributed by atoms with van der Waals surface area (Å²) < 4.78 is 6.05. The molecule has 2 unspecified atom stereocenters. The molecule has 21 heavy (non-hydrogen) atoms. The Labute approximate surface area is 137 Å². The van der Waals surface area contributed by atoms with Crippen LogP contribution in [0.25, 0.3) is 0 Å². The van der Waals surface area contributed by atoms with Crippen LogP contribution in [0.4, 0.5) is 0 Å². The first-order valence-corrected chi connectivity index (χ1v) is 8.84. The van der Waals surface area contributed by atoms with Crippen molar-refractivity contribution in [3.63, 3.8) is 0 Å². The highest BCUT2D eigenvalue weighted by atomic mass is 79.9. The second-order valence-corrected chi connectivity index (χ2v) is 7.70. The Kier molecular flexibility index (Phi) is 3.95. The van der Waals surface area contributed by atoms with Crippen molar-refractivity contribution in [3.8, 4) is 0 Å². The summed E-state index contributed by atoms with van der Waals surface area (Å²) in [4.78, 5) is 10.1. The second-order valence-electron chi connectivity index (χ2n) is 6.52. The molecule has 0 spiro atoms. The highest BCUT2D eigenvalue weighted by molar-refractivity contribution is 9.09. The van der Waals surface area contributed by atoms with Crippen LogP contribution in [0.2, 0.25) is 0 Å². The Bertz CT molecular complexity index is 525. The van der Waals surface area contributed by atoms with Crippen LogP contribution in [0.15, 0.2) is 23.4 Å². The molecule has 3 rings (SSSR count). The standard InChI is InChI=1S/C15H19BrClNO3/c1-10-6-13(21-8-11-2-3-11)15(17,7-12(10)18(19)20)14(9-16)4-5-14/h6-7,11,13H,2-5,8-9H2,1H3. The van der Waals surface area contributed by atoms with Gasteiger partial charge in [-0.05, 0) is 44.6 Å². The van der Waals surface area contributed by atoms with Gasteiger partial charge in [0.2, 0.25) is 0 Å². The van der Waals surface area contributed by atoms with Gasteiger partial charge in [0.1, 0.15) is 4.87 Å². The molecular weight excluding hydrogens is 358 g/mol. The molecule has 3 aliphatic carbocycles. The lowest BCUT2D eigenvalue weighted by Crippen LogP contribution is -2.47. The van der Waals surface area contributed by atoms with Gasteiger partial charge in [0.15, 0.2) is 0 Å². The molecule has 0 bridgehead atoms. The summed E-state index contributed by atoms with van der Waals surface area (Å²) >= 11 is 10.5. The Morgan fingerprint density at radius 1 is 1.52 bits per heavy atom. The van der Waals surface area contributed by atoms with E-state index < -0.39 is 4.87 Å². The van der Waals surface area contributed by atoms with Crippen LogP contribution in [0.3, 0.4) is 0 Å². The molecule has 0 aromatic rings. The first kappa shape index (κ1) is 15.5. The number of halogens is 2. The molecule has 2 saturated carbocycles. The zero-order valence-electron chi connectivity index (χ0n) is 12.0. The Morgan fingerprint density at radius 2 is 2.19 bits per heavy atom. The van der Waals surface area contributed by atoms with Crippen molar-refractivity contribution in [3.05, 3.63) is 33.5 Å². The minimum absolute atomic E-state index is 0.114. The summed E-state index contributed by atoms with van der Waals surface area (Å²) in [5.41, 5.74) is 0.618. The highest BCUT2D eigenvalue weighted by Crippen LogP contribution is 2.62. The quantitative estimate of drug-likeness (QED) is 0.399. The van der Waals surface area contributed by atoms with Crippen LogP contribution in [0.1, 0.15) is 32.6 Å². The molecule has 0 aromatic heterocycles. The summed E-state index contributed by atoms with van der Waals surface area (Å²) in [5.74, 6) is 0.639. The van der Waals surface area contributed by atoms with Crippen molar-refractivity contribution < 1.29 is 9.66 Å². The van der Waals surface area contributed by atoms with Crippen molar-refractivity contribution >= 4 is 27.5 Å². The van der Waals surface area contributed by atoms with Crippen LogP contribution in [0.5, 0.6) is 0 Å². The number of nitrogens with zero attached hydrogens (tertiary/aromatic N) is 1. The fourth-order valence-corrected chi connectivity index (χ4v) is 4.62. The van der Waals surface area contributed by atoms with Crippen molar-refractivity contribution in [2.75, 3.05) is 11.9 Å². The second kappa shape index (κ2) is 5.36. The maximum absolute atomic E-state index is 11.3. The maximum atomic E-state index is 11.3. The van der Waals surface area contributed by atoms with Crippen LogP contribution in [-0.2, 0) is 4.74 Å². The van der Waals surface area contributed by atoms with Crippen molar-refractivity contribution in [1.82, 2.24) is 0 Å². The van der Waals surface area contributed by atoms with E-state index in [0.29, 0.717) is 18.1 Å². The van der Waals surface area contributed by atoms with Crippen LogP contribution < -0.4 is 0 Å². The fourth-order valence-electron chi connectivity index (χ4n) is 2.94. The molecule has 4 nitrogen and oxygen atoms in total. The van der Waals surface area contributed by atoms with E-state index in [9.17, 15) is 10.1 Å². The molecule has 0 aliphatic heterocycles. The third kappa shape index (κ3) is 2.68. The topological polar surface area (TPSA) is 52.4 Å². The predicted octanol–water partition coefficient (Wildman–Crippen LogP) is 4.05.